The molecule has 0 radical (unpaired) electrons. The summed E-state index contributed by atoms with van der Waals surface area (Å²) in [7, 11) is 0. The molecular weight excluding hydrogens is 466 g/mol. The Kier molecular flexibility index (Phi) is 6.85. The fraction of sp³-hybridized carbons (Fsp3) is 0.613. The molecule has 4 nitrogen and oxygen atoms in total. The van der Waals surface area contributed by atoms with E-state index in [1.807, 2.05) is 6.07 Å². The van der Waals surface area contributed by atoms with Gasteiger partial charge in [0.15, 0.2) is 5.69 Å². The lowest BCUT2D eigenvalue weighted by Gasteiger charge is -2.50. The van der Waals surface area contributed by atoms with Gasteiger partial charge in [-0.05, 0) is 80.5 Å². The molecule has 4 aliphatic rings. The number of carbonyl (C=O) groups is 1. The molecule has 0 bridgehead atoms. The maximum Gasteiger partial charge on any atom is 0.273 e. The Morgan fingerprint density at radius 3 is 2.67 bits per heavy atom. The minimum Gasteiger partial charge on any atom is -0.345 e. The van der Waals surface area contributed by atoms with Crippen molar-refractivity contribution < 1.29 is 15.1 Å². The molecule has 5 atom stereocenters. The third kappa shape index (κ3) is 4.28. The summed E-state index contributed by atoms with van der Waals surface area (Å²) in [6.07, 6.45) is 12.0. The van der Waals surface area contributed by atoms with Crippen LogP contribution in [0.4, 0.5) is 0 Å². The smallest absolute Gasteiger partial charge is 0.273 e. The fourth-order valence-electron chi connectivity index (χ4n) is 8.53. The van der Waals surface area contributed by atoms with E-state index in [4.69, 9.17) is 11.6 Å². The molecule has 3 fully saturated rings. The number of nitrogens with one attached hydrogen (secondary N) is 1. The minimum atomic E-state index is -0.0706. The molecule has 3 N–H and O–H groups in total. The highest BCUT2D eigenvalue weighted by Gasteiger charge is 2.57. The van der Waals surface area contributed by atoms with Gasteiger partial charge >= 0.3 is 0 Å². The number of fused-ring (bicyclic) bond motifs is 2. The van der Waals surface area contributed by atoms with Crippen molar-refractivity contribution >= 4 is 17.5 Å². The highest BCUT2D eigenvalue weighted by molar-refractivity contribution is 6.28. The van der Waals surface area contributed by atoms with E-state index in [1.54, 1.807) is 0 Å². The van der Waals surface area contributed by atoms with Gasteiger partial charge in [-0.25, -0.2) is 0 Å². The summed E-state index contributed by atoms with van der Waals surface area (Å²) in [5, 5.41) is 3.10. The van der Waals surface area contributed by atoms with Gasteiger partial charge in [-0.15, -0.1) is 0 Å². The highest BCUT2D eigenvalue weighted by atomic mass is 35.5. The summed E-state index contributed by atoms with van der Waals surface area (Å²) in [5.74, 6) is 1.67. The average Bonchev–Trinajstić information content (AvgIpc) is 3.32. The lowest BCUT2D eigenvalue weighted by Crippen LogP contribution is -2.82. The molecule has 3 heterocycles. The van der Waals surface area contributed by atoms with Crippen LogP contribution < -0.4 is 10.3 Å². The largest absolute Gasteiger partial charge is 0.345 e. The summed E-state index contributed by atoms with van der Waals surface area (Å²) in [6, 6.07) is 15.9. The Morgan fingerprint density at radius 2 is 1.86 bits per heavy atom. The predicted molar refractivity (Wildman–Crippen MR) is 143 cm³/mol. The van der Waals surface area contributed by atoms with Crippen LogP contribution in [0.1, 0.15) is 87.4 Å². The first-order valence-corrected chi connectivity index (χ1v) is 14.8. The normalized spacial score (nSPS) is 33.0. The van der Waals surface area contributed by atoms with E-state index in [2.05, 4.69) is 58.5 Å². The van der Waals surface area contributed by atoms with Crippen molar-refractivity contribution in [2.24, 2.45) is 11.8 Å². The second kappa shape index (κ2) is 10.1. The van der Waals surface area contributed by atoms with Gasteiger partial charge in [-0.2, -0.15) is 4.98 Å². The Morgan fingerprint density at radius 1 is 1.06 bits per heavy atom. The number of H-pyrrole nitrogens is 1. The number of aryl methyl sites for hydroxylation is 1. The molecule has 2 aliphatic carbocycles. The number of benzene rings is 1. The third-order valence-electron chi connectivity index (χ3n) is 10.2. The first kappa shape index (κ1) is 24.4. The number of rotatable bonds is 3. The van der Waals surface area contributed by atoms with Gasteiger partial charge < -0.3 is 10.2 Å². The van der Waals surface area contributed by atoms with Crippen LogP contribution in [0.5, 0.6) is 0 Å². The average molecular weight is 508 g/mol. The number of hydrogen-bond acceptors (Lipinski definition) is 1. The second-order valence-corrected chi connectivity index (χ2v) is 12.5. The quantitative estimate of drug-likeness (QED) is 0.603. The number of aromatic nitrogens is 1. The van der Waals surface area contributed by atoms with Gasteiger partial charge in [0, 0.05) is 30.1 Å². The molecule has 2 aliphatic heterocycles. The van der Waals surface area contributed by atoms with Crippen LogP contribution in [0.3, 0.4) is 0 Å². The van der Waals surface area contributed by atoms with Crippen LogP contribution in [0.15, 0.2) is 42.5 Å². The highest BCUT2D eigenvalue weighted by Crippen LogP contribution is 2.47. The monoisotopic (exact) mass is 507 g/mol. The number of nitrogens with two attached hydrogens (primary N) is 1. The number of carbonyl (C=O) groups excluding carboxylic acids is 1. The fourth-order valence-corrected chi connectivity index (χ4v) is 8.70. The first-order valence-electron chi connectivity index (χ1n) is 14.5. The zero-order valence-corrected chi connectivity index (χ0v) is 22.5. The Labute approximate surface area is 221 Å². The van der Waals surface area contributed by atoms with Crippen molar-refractivity contribution in [2.75, 3.05) is 13.1 Å². The maximum atomic E-state index is 14.7. The maximum absolute atomic E-state index is 14.7. The Bertz CT molecular complexity index is 1080. The number of piperidine rings is 1. The van der Waals surface area contributed by atoms with Crippen LogP contribution in [-0.2, 0) is 16.6 Å². The van der Waals surface area contributed by atoms with E-state index in [0.717, 1.165) is 45.2 Å². The van der Waals surface area contributed by atoms with Crippen molar-refractivity contribution in [3.63, 3.8) is 0 Å². The van der Waals surface area contributed by atoms with Crippen LogP contribution in [0.2, 0.25) is 5.15 Å². The van der Waals surface area contributed by atoms with Crippen molar-refractivity contribution in [3.8, 4) is 0 Å². The van der Waals surface area contributed by atoms with Crippen LogP contribution in [0, 0.1) is 11.8 Å². The number of quaternary nitrogens is 1. The molecule has 2 saturated heterocycles. The topological polar surface area (TPSA) is 51.1 Å². The van der Waals surface area contributed by atoms with Gasteiger partial charge in [0.1, 0.15) is 5.92 Å². The van der Waals surface area contributed by atoms with Crippen LogP contribution in [0.25, 0.3) is 0 Å². The molecule has 1 spiro atoms. The molecule has 36 heavy (non-hydrogen) atoms. The molecule has 1 aromatic heterocycles. The Balaban J connectivity index is 1.34. The zero-order chi connectivity index (χ0) is 24.7. The van der Waals surface area contributed by atoms with E-state index in [-0.39, 0.29) is 17.4 Å². The molecule has 5 heteroatoms. The van der Waals surface area contributed by atoms with Gasteiger partial charge in [0.25, 0.3) is 5.15 Å². The van der Waals surface area contributed by atoms with Crippen LogP contribution >= 0.6 is 11.6 Å². The molecular formula is C31H42ClN3O+2. The number of halogens is 1. The van der Waals surface area contributed by atoms with E-state index >= 15 is 0 Å². The molecule has 6 rings (SSSR count). The second-order valence-electron chi connectivity index (χ2n) is 12.1. The number of aromatic amines is 1. The van der Waals surface area contributed by atoms with E-state index in [9.17, 15) is 4.79 Å². The summed E-state index contributed by atoms with van der Waals surface area (Å²) in [6.45, 7) is 4.25. The summed E-state index contributed by atoms with van der Waals surface area (Å²) < 4.78 is 0. The lowest BCUT2D eigenvalue weighted by molar-refractivity contribution is -0.640. The van der Waals surface area contributed by atoms with Gasteiger partial charge in [-0.1, -0.05) is 49.6 Å². The number of likely N-dealkylation sites (tertiary alicyclic amines) is 1. The third-order valence-corrected chi connectivity index (χ3v) is 10.4. The van der Waals surface area contributed by atoms with Crippen molar-refractivity contribution in [2.45, 2.75) is 94.5 Å². The van der Waals surface area contributed by atoms with E-state index in [1.165, 1.54) is 48.9 Å². The minimum absolute atomic E-state index is 0.0490. The van der Waals surface area contributed by atoms with Crippen LogP contribution in [-0.4, -0.2) is 36.0 Å². The summed E-state index contributed by atoms with van der Waals surface area (Å²) in [5.41, 5.74) is 3.99. The Hall–Kier alpha value is -1.91. The molecule has 1 amide bonds. The summed E-state index contributed by atoms with van der Waals surface area (Å²) >= 11 is 6.34. The number of amides is 1. The number of hydrogen-bond donors (Lipinski definition) is 1. The summed E-state index contributed by atoms with van der Waals surface area (Å²) in [4.78, 5) is 20.6. The first-order chi connectivity index (χ1) is 17.6. The van der Waals surface area contributed by atoms with E-state index in [0.29, 0.717) is 28.9 Å². The van der Waals surface area contributed by atoms with Crippen molar-refractivity contribution in [3.05, 3.63) is 64.4 Å². The molecule has 1 aromatic carbocycles. The zero-order valence-electron chi connectivity index (χ0n) is 21.7. The standard InChI is InChI=1S/C31H40ClN3O/c1-21-17-24(22-9-4-2-5-10-22)18-28(23-11-6-3-7-12-23)35(21)30(36)26-19-33-20-31(26)16-8-13-27-25(31)14-15-29(32)34-27/h2,4-5,9-10,14-15,21,23-24,26,28,33H,3,6-8,11-13,16-20H2,1H3/p+2/t21?,24-,26+,28+,31+/m1/s1. The predicted octanol–water partition coefficient (Wildman–Crippen LogP) is 4.67. The van der Waals surface area contributed by atoms with Gasteiger partial charge in [0.05, 0.1) is 18.5 Å². The SMILES string of the molecule is CC1C[C@@H](c2ccccc2)C[C@@H](C2CCCCC2)N1C(=O)[C@@H]1C[NH2+]C[C@]12CCCc1[nH+]c(Cl)ccc12. The van der Waals surface area contributed by atoms with Crippen molar-refractivity contribution in [1.82, 2.24) is 4.90 Å². The van der Waals surface area contributed by atoms with Gasteiger partial charge in [-0.3, -0.25) is 4.79 Å². The van der Waals surface area contributed by atoms with E-state index < -0.39 is 0 Å². The molecule has 1 unspecified atom stereocenters. The molecule has 192 valence electrons. The molecule has 1 saturated carbocycles. The number of pyridine rings is 1. The van der Waals surface area contributed by atoms with Crippen molar-refractivity contribution in [1.29, 1.82) is 0 Å². The van der Waals surface area contributed by atoms with Gasteiger partial charge in [0.2, 0.25) is 5.91 Å². The lowest BCUT2D eigenvalue weighted by atomic mass is 9.64. The number of nitrogens with zero attached hydrogens (tertiary/aromatic N) is 1. The molecule has 2 aromatic rings.